The number of rotatable bonds is 2. The first-order valence-electron chi connectivity index (χ1n) is 5.00. The number of aryl methyl sites for hydroxylation is 2. The number of nitrogens with zero attached hydrogens (tertiary/aromatic N) is 2. The maximum Gasteiger partial charge on any atom is 0.221 e. The topological polar surface area (TPSA) is 72.8 Å². The molecule has 0 aliphatic carbocycles. The van der Waals surface area contributed by atoms with E-state index in [1.54, 1.807) is 4.57 Å². The SMILES string of the molecule is Cc1cc(C(C)n2c(N)n[nH]c2=S)c(C)o1. The van der Waals surface area contributed by atoms with Crippen LogP contribution in [-0.4, -0.2) is 14.8 Å². The number of furan rings is 1. The number of aromatic amines is 1. The van der Waals surface area contributed by atoms with Crippen molar-refractivity contribution in [2.45, 2.75) is 26.8 Å². The van der Waals surface area contributed by atoms with Gasteiger partial charge in [-0.1, -0.05) is 0 Å². The zero-order valence-corrected chi connectivity index (χ0v) is 10.3. The van der Waals surface area contributed by atoms with Gasteiger partial charge in [0.1, 0.15) is 11.5 Å². The summed E-state index contributed by atoms with van der Waals surface area (Å²) >= 11 is 5.13. The van der Waals surface area contributed by atoms with Crippen LogP contribution < -0.4 is 5.73 Å². The highest BCUT2D eigenvalue weighted by Gasteiger charge is 2.17. The lowest BCUT2D eigenvalue weighted by atomic mass is 10.1. The number of nitrogens with one attached hydrogen (secondary N) is 1. The van der Waals surface area contributed by atoms with Gasteiger partial charge in [-0.15, -0.1) is 5.10 Å². The normalized spacial score (nSPS) is 12.9. The molecule has 1 atom stereocenters. The molecule has 0 saturated carbocycles. The standard InChI is InChI=1S/C10H14N4OS/c1-5-4-8(7(3)15-5)6(2)14-9(11)12-13-10(14)16/h4,6H,1-3H3,(H2,11,12)(H,13,16). The number of H-pyrrole nitrogens is 1. The van der Waals surface area contributed by atoms with Gasteiger partial charge in [0, 0.05) is 5.56 Å². The summed E-state index contributed by atoms with van der Waals surface area (Å²) < 4.78 is 7.78. The third kappa shape index (κ3) is 1.65. The summed E-state index contributed by atoms with van der Waals surface area (Å²) in [5, 5.41) is 6.57. The van der Waals surface area contributed by atoms with Gasteiger partial charge >= 0.3 is 0 Å². The Morgan fingerprint density at radius 2 is 2.25 bits per heavy atom. The summed E-state index contributed by atoms with van der Waals surface area (Å²) in [7, 11) is 0. The molecule has 0 radical (unpaired) electrons. The first-order valence-corrected chi connectivity index (χ1v) is 5.41. The van der Waals surface area contributed by atoms with Crippen LogP contribution in [0.25, 0.3) is 0 Å². The van der Waals surface area contributed by atoms with E-state index in [9.17, 15) is 0 Å². The zero-order chi connectivity index (χ0) is 11.9. The van der Waals surface area contributed by atoms with Gasteiger partial charge in [-0.3, -0.25) is 4.57 Å². The zero-order valence-electron chi connectivity index (χ0n) is 9.44. The lowest BCUT2D eigenvalue weighted by Gasteiger charge is -2.12. The minimum Gasteiger partial charge on any atom is -0.466 e. The molecule has 0 spiro atoms. The molecule has 0 fully saturated rings. The Balaban J connectivity index is 2.51. The van der Waals surface area contributed by atoms with E-state index in [1.165, 1.54) is 0 Å². The Bertz CT molecular complexity index is 566. The van der Waals surface area contributed by atoms with E-state index >= 15 is 0 Å². The first kappa shape index (κ1) is 10.9. The van der Waals surface area contributed by atoms with Crippen molar-refractivity contribution in [1.82, 2.24) is 14.8 Å². The lowest BCUT2D eigenvalue weighted by Crippen LogP contribution is -2.10. The molecule has 0 aromatic carbocycles. The van der Waals surface area contributed by atoms with Crippen LogP contribution in [0.2, 0.25) is 0 Å². The van der Waals surface area contributed by atoms with E-state index in [1.807, 2.05) is 26.8 Å². The third-order valence-electron chi connectivity index (χ3n) is 2.65. The molecular weight excluding hydrogens is 224 g/mol. The van der Waals surface area contributed by atoms with Crippen LogP contribution in [0.1, 0.15) is 30.0 Å². The van der Waals surface area contributed by atoms with Crippen LogP contribution in [0.3, 0.4) is 0 Å². The first-order chi connectivity index (χ1) is 7.50. The second-order valence-corrected chi connectivity index (χ2v) is 4.19. The Kier molecular flexibility index (Phi) is 2.59. The molecular formula is C10H14N4OS. The molecule has 16 heavy (non-hydrogen) atoms. The van der Waals surface area contributed by atoms with Crippen LogP contribution in [-0.2, 0) is 0 Å². The van der Waals surface area contributed by atoms with Gasteiger partial charge < -0.3 is 10.2 Å². The van der Waals surface area contributed by atoms with Crippen molar-refractivity contribution in [3.63, 3.8) is 0 Å². The van der Waals surface area contributed by atoms with Gasteiger partial charge in [0.15, 0.2) is 4.77 Å². The molecule has 0 aliphatic heterocycles. The summed E-state index contributed by atoms with van der Waals surface area (Å²) in [4.78, 5) is 0. The van der Waals surface area contributed by atoms with Crippen molar-refractivity contribution in [2.24, 2.45) is 0 Å². The molecule has 0 saturated heterocycles. The minimum absolute atomic E-state index is 0.0173. The van der Waals surface area contributed by atoms with Crippen LogP contribution in [0.4, 0.5) is 5.95 Å². The van der Waals surface area contributed by atoms with E-state index < -0.39 is 0 Å². The van der Waals surface area contributed by atoms with E-state index in [0.717, 1.165) is 17.1 Å². The summed E-state index contributed by atoms with van der Waals surface area (Å²) in [6.07, 6.45) is 0. The molecule has 0 aliphatic rings. The molecule has 86 valence electrons. The fourth-order valence-electron chi connectivity index (χ4n) is 1.90. The van der Waals surface area contributed by atoms with Gasteiger partial charge in [-0.2, -0.15) is 0 Å². The smallest absolute Gasteiger partial charge is 0.221 e. The van der Waals surface area contributed by atoms with E-state index in [2.05, 4.69) is 10.2 Å². The van der Waals surface area contributed by atoms with Gasteiger partial charge in [-0.05, 0) is 39.1 Å². The third-order valence-corrected chi connectivity index (χ3v) is 2.94. The predicted octanol–water partition coefficient (Wildman–Crippen LogP) is 2.34. The highest BCUT2D eigenvalue weighted by atomic mass is 32.1. The van der Waals surface area contributed by atoms with Gasteiger partial charge in [0.05, 0.1) is 6.04 Å². The van der Waals surface area contributed by atoms with Gasteiger partial charge in [-0.25, -0.2) is 5.10 Å². The van der Waals surface area contributed by atoms with Crippen LogP contribution >= 0.6 is 12.2 Å². The summed E-state index contributed by atoms with van der Waals surface area (Å²) in [6.45, 7) is 5.86. The average Bonchev–Trinajstić information content (AvgIpc) is 2.70. The Hall–Kier alpha value is -1.56. The monoisotopic (exact) mass is 238 g/mol. The van der Waals surface area contributed by atoms with Crippen molar-refractivity contribution >= 4 is 18.2 Å². The lowest BCUT2D eigenvalue weighted by molar-refractivity contribution is 0.494. The number of hydrogen-bond acceptors (Lipinski definition) is 4. The molecule has 2 heterocycles. The average molecular weight is 238 g/mol. The molecule has 6 heteroatoms. The van der Waals surface area contributed by atoms with Gasteiger partial charge in [0.25, 0.3) is 0 Å². The molecule has 2 aromatic heterocycles. The molecule has 5 nitrogen and oxygen atoms in total. The molecule has 0 amide bonds. The minimum atomic E-state index is 0.0173. The second-order valence-electron chi connectivity index (χ2n) is 3.80. The number of nitrogen functional groups attached to an aromatic ring is 1. The summed E-state index contributed by atoms with van der Waals surface area (Å²) in [5.41, 5.74) is 6.83. The molecule has 0 bridgehead atoms. The molecule has 3 N–H and O–H groups in total. The van der Waals surface area contributed by atoms with E-state index in [4.69, 9.17) is 22.4 Å². The van der Waals surface area contributed by atoms with Gasteiger partial charge in [0.2, 0.25) is 5.95 Å². The molecule has 1 unspecified atom stereocenters. The van der Waals surface area contributed by atoms with Crippen molar-refractivity contribution in [2.75, 3.05) is 5.73 Å². The quantitative estimate of drug-likeness (QED) is 0.788. The maximum atomic E-state index is 5.76. The van der Waals surface area contributed by atoms with Crippen molar-refractivity contribution < 1.29 is 4.42 Å². The largest absolute Gasteiger partial charge is 0.466 e. The Morgan fingerprint density at radius 1 is 1.56 bits per heavy atom. The van der Waals surface area contributed by atoms with Crippen molar-refractivity contribution in [1.29, 1.82) is 0 Å². The van der Waals surface area contributed by atoms with Crippen LogP contribution in [0.15, 0.2) is 10.5 Å². The number of aromatic nitrogens is 3. The molecule has 2 aromatic rings. The highest BCUT2D eigenvalue weighted by Crippen LogP contribution is 2.26. The van der Waals surface area contributed by atoms with E-state index in [0.29, 0.717) is 10.7 Å². The maximum absolute atomic E-state index is 5.76. The predicted molar refractivity (Wildman–Crippen MR) is 63.8 cm³/mol. The Morgan fingerprint density at radius 3 is 2.69 bits per heavy atom. The number of anilines is 1. The second kappa shape index (κ2) is 3.79. The molecule has 2 rings (SSSR count). The van der Waals surface area contributed by atoms with Crippen LogP contribution in [0, 0.1) is 18.6 Å². The van der Waals surface area contributed by atoms with Crippen molar-refractivity contribution in [3.8, 4) is 0 Å². The number of hydrogen-bond donors (Lipinski definition) is 2. The van der Waals surface area contributed by atoms with Crippen molar-refractivity contribution in [3.05, 3.63) is 27.9 Å². The fraction of sp³-hybridized carbons (Fsp3) is 0.400. The summed E-state index contributed by atoms with van der Waals surface area (Å²) in [6, 6.07) is 2.01. The van der Waals surface area contributed by atoms with Crippen LogP contribution in [0.5, 0.6) is 0 Å². The highest BCUT2D eigenvalue weighted by molar-refractivity contribution is 7.71. The fourth-order valence-corrected chi connectivity index (χ4v) is 2.19. The summed E-state index contributed by atoms with van der Waals surface area (Å²) in [5.74, 6) is 2.15. The Labute approximate surface area is 98.3 Å². The van der Waals surface area contributed by atoms with E-state index in [-0.39, 0.29) is 6.04 Å². The number of nitrogens with two attached hydrogens (primary N) is 1.